The van der Waals surface area contributed by atoms with Crippen molar-refractivity contribution >= 4 is 32.5 Å². The maximum Gasteiger partial charge on any atom is 0.0660 e. The second-order valence-corrected chi connectivity index (χ2v) is 7.62. The summed E-state index contributed by atoms with van der Waals surface area (Å²) in [6, 6.07) is 13.2. The van der Waals surface area contributed by atoms with Crippen LogP contribution < -0.4 is 10.2 Å². The van der Waals surface area contributed by atoms with Gasteiger partial charge in [-0.2, -0.15) is 0 Å². The van der Waals surface area contributed by atoms with E-state index in [-0.39, 0.29) is 0 Å². The molecule has 0 aliphatic carbocycles. The van der Waals surface area contributed by atoms with Crippen LogP contribution >= 0.6 is 9.24 Å². The minimum atomic E-state index is 0.823. The van der Waals surface area contributed by atoms with E-state index in [0.29, 0.717) is 0 Å². The molecule has 0 spiro atoms. The number of rotatable bonds is 10. The predicted octanol–water partition coefficient (Wildman–Crippen LogP) is 6.77. The van der Waals surface area contributed by atoms with Gasteiger partial charge in [0.25, 0.3) is 0 Å². The third-order valence-electron chi connectivity index (χ3n) is 4.93. The van der Waals surface area contributed by atoms with Crippen molar-refractivity contribution in [3.63, 3.8) is 0 Å². The molecule has 0 aliphatic rings. The van der Waals surface area contributed by atoms with Crippen molar-refractivity contribution in [2.24, 2.45) is 4.99 Å². The molecule has 0 aromatic heterocycles. The van der Waals surface area contributed by atoms with E-state index < -0.39 is 0 Å². The van der Waals surface area contributed by atoms with Crippen molar-refractivity contribution in [3.8, 4) is 0 Å². The number of hydrogen-bond acceptors (Lipinski definition) is 3. The van der Waals surface area contributed by atoms with Crippen molar-refractivity contribution in [2.45, 2.75) is 34.1 Å². The minimum Gasteiger partial charge on any atom is -0.391 e. The van der Waals surface area contributed by atoms with Gasteiger partial charge in [-0.05, 0) is 85.4 Å². The van der Waals surface area contributed by atoms with E-state index in [2.05, 4.69) is 102 Å². The SMILES string of the molecule is C=C/C(=C\NCC)C(=C)C=Nc1ccc(N(CP)c2cc(C)cc(CC)c2)cc1C. The highest BCUT2D eigenvalue weighted by Crippen LogP contribution is 2.32. The second kappa shape index (κ2) is 11.5. The smallest absolute Gasteiger partial charge is 0.0660 e. The van der Waals surface area contributed by atoms with Crippen molar-refractivity contribution in [3.05, 3.63) is 89.7 Å². The van der Waals surface area contributed by atoms with E-state index in [9.17, 15) is 0 Å². The van der Waals surface area contributed by atoms with Gasteiger partial charge in [-0.15, -0.1) is 9.24 Å². The monoisotopic (exact) mass is 419 g/mol. The topological polar surface area (TPSA) is 27.6 Å². The Labute approximate surface area is 184 Å². The van der Waals surface area contributed by atoms with Crippen LogP contribution in [0.15, 0.2) is 78.0 Å². The first-order valence-electron chi connectivity index (χ1n) is 10.4. The van der Waals surface area contributed by atoms with Crippen molar-refractivity contribution < 1.29 is 0 Å². The maximum atomic E-state index is 4.66. The van der Waals surface area contributed by atoms with Crippen molar-refractivity contribution in [1.29, 1.82) is 0 Å². The zero-order valence-electron chi connectivity index (χ0n) is 18.7. The molecule has 0 saturated heterocycles. The molecule has 0 saturated carbocycles. The Bertz CT molecular complexity index is 957. The number of allylic oxidation sites excluding steroid dienone is 3. The van der Waals surface area contributed by atoms with Gasteiger partial charge in [-0.25, -0.2) is 0 Å². The molecule has 2 aromatic rings. The number of aryl methyl sites for hydroxylation is 3. The van der Waals surface area contributed by atoms with Gasteiger partial charge in [0, 0.05) is 36.6 Å². The summed E-state index contributed by atoms with van der Waals surface area (Å²) in [5.74, 6) is 0. The van der Waals surface area contributed by atoms with Crippen LogP contribution in [0.4, 0.5) is 17.1 Å². The lowest BCUT2D eigenvalue weighted by atomic mass is 10.1. The fourth-order valence-electron chi connectivity index (χ4n) is 3.23. The van der Waals surface area contributed by atoms with E-state index in [1.807, 2.05) is 6.20 Å². The Balaban J connectivity index is 2.28. The summed E-state index contributed by atoms with van der Waals surface area (Å²) in [7, 11) is 2.84. The Kier molecular flexibility index (Phi) is 9.08. The van der Waals surface area contributed by atoms with Crippen LogP contribution in [0, 0.1) is 13.8 Å². The van der Waals surface area contributed by atoms with Crippen LogP contribution in [0.2, 0.25) is 0 Å². The molecule has 0 bridgehead atoms. The Morgan fingerprint density at radius 3 is 2.50 bits per heavy atom. The van der Waals surface area contributed by atoms with Gasteiger partial charge in [0.1, 0.15) is 0 Å². The molecule has 30 heavy (non-hydrogen) atoms. The summed E-state index contributed by atoms with van der Waals surface area (Å²) in [5.41, 5.74) is 8.85. The lowest BCUT2D eigenvalue weighted by molar-refractivity contribution is 0.914. The quantitative estimate of drug-likeness (QED) is 0.261. The zero-order valence-corrected chi connectivity index (χ0v) is 19.9. The molecule has 2 rings (SSSR count). The molecule has 1 N–H and O–H groups in total. The highest BCUT2D eigenvalue weighted by Gasteiger charge is 2.10. The molecular weight excluding hydrogens is 385 g/mol. The first kappa shape index (κ1) is 23.6. The molecule has 2 aromatic carbocycles. The molecule has 4 heteroatoms. The molecule has 0 fully saturated rings. The van der Waals surface area contributed by atoms with Crippen LogP contribution in [-0.2, 0) is 6.42 Å². The molecule has 0 heterocycles. The summed E-state index contributed by atoms with van der Waals surface area (Å²) in [6.45, 7) is 17.3. The standard InChI is InChI=1S/C26H34N3P/c1-7-22-12-19(4)13-25(15-22)29(18-30)24-10-11-26(20(5)14-24)28-16-21(6)23(8-2)17-27-9-3/h8,10-17,27H,2,6-7,9,18,30H2,1,3-5H3/b23-17+,28-16?. The largest absolute Gasteiger partial charge is 0.391 e. The summed E-state index contributed by atoms with van der Waals surface area (Å²) in [5, 5.41) is 3.18. The van der Waals surface area contributed by atoms with E-state index >= 15 is 0 Å². The van der Waals surface area contributed by atoms with Crippen LogP contribution in [0.5, 0.6) is 0 Å². The Morgan fingerprint density at radius 1 is 1.13 bits per heavy atom. The Morgan fingerprint density at radius 2 is 1.90 bits per heavy atom. The lowest BCUT2D eigenvalue weighted by Gasteiger charge is -2.25. The van der Waals surface area contributed by atoms with Crippen molar-refractivity contribution in [2.75, 3.05) is 17.7 Å². The van der Waals surface area contributed by atoms with Gasteiger partial charge < -0.3 is 10.2 Å². The van der Waals surface area contributed by atoms with E-state index in [1.165, 1.54) is 16.8 Å². The summed E-state index contributed by atoms with van der Waals surface area (Å²) in [6.07, 6.45) is 7.36. The van der Waals surface area contributed by atoms with Crippen LogP contribution in [0.25, 0.3) is 0 Å². The van der Waals surface area contributed by atoms with Crippen molar-refractivity contribution in [1.82, 2.24) is 5.32 Å². The lowest BCUT2D eigenvalue weighted by Crippen LogP contribution is -2.14. The highest BCUT2D eigenvalue weighted by atomic mass is 31.0. The fraction of sp³-hybridized carbons (Fsp3) is 0.269. The van der Waals surface area contributed by atoms with Crippen LogP contribution in [-0.4, -0.2) is 19.0 Å². The molecule has 0 aliphatic heterocycles. The van der Waals surface area contributed by atoms with Gasteiger partial charge in [-0.3, -0.25) is 4.99 Å². The molecule has 3 nitrogen and oxygen atoms in total. The summed E-state index contributed by atoms with van der Waals surface area (Å²) < 4.78 is 0. The molecule has 158 valence electrons. The molecule has 0 radical (unpaired) electrons. The summed E-state index contributed by atoms with van der Waals surface area (Å²) >= 11 is 0. The highest BCUT2D eigenvalue weighted by molar-refractivity contribution is 7.16. The molecule has 1 unspecified atom stereocenters. The number of benzene rings is 2. The zero-order chi connectivity index (χ0) is 22.1. The molecular formula is C26H34N3P. The normalized spacial score (nSPS) is 11.6. The molecule has 0 amide bonds. The number of hydrogen-bond donors (Lipinski definition) is 1. The molecule has 1 atom stereocenters. The maximum absolute atomic E-state index is 4.66. The first-order chi connectivity index (χ1) is 14.4. The minimum absolute atomic E-state index is 0.823. The number of nitrogens with one attached hydrogen (secondary N) is 1. The Hall–Kier alpha value is -2.64. The third-order valence-corrected chi connectivity index (χ3v) is 5.29. The van der Waals surface area contributed by atoms with E-state index in [1.54, 1.807) is 12.3 Å². The average Bonchev–Trinajstić information content (AvgIpc) is 2.73. The van der Waals surface area contributed by atoms with Crippen LogP contribution in [0.3, 0.4) is 0 Å². The first-order valence-corrected chi connectivity index (χ1v) is 11.2. The van der Waals surface area contributed by atoms with E-state index in [4.69, 9.17) is 0 Å². The second-order valence-electron chi connectivity index (χ2n) is 7.26. The predicted molar refractivity (Wildman–Crippen MR) is 138 cm³/mol. The van der Waals surface area contributed by atoms with Gasteiger partial charge in [0.05, 0.1) is 5.69 Å². The van der Waals surface area contributed by atoms with Gasteiger partial charge >= 0.3 is 0 Å². The van der Waals surface area contributed by atoms with E-state index in [0.717, 1.165) is 47.3 Å². The van der Waals surface area contributed by atoms with Crippen LogP contribution in [0.1, 0.15) is 30.5 Å². The van der Waals surface area contributed by atoms with Gasteiger partial charge in [0.15, 0.2) is 0 Å². The third kappa shape index (κ3) is 6.18. The fourth-order valence-corrected chi connectivity index (χ4v) is 3.65. The average molecular weight is 420 g/mol. The van der Waals surface area contributed by atoms with Gasteiger partial charge in [-0.1, -0.05) is 32.2 Å². The number of aliphatic imine (C=N–C) groups is 1. The number of nitrogens with zero attached hydrogens (tertiary/aromatic N) is 2. The van der Waals surface area contributed by atoms with Gasteiger partial charge in [0.2, 0.25) is 0 Å². The number of anilines is 2. The summed E-state index contributed by atoms with van der Waals surface area (Å²) in [4.78, 5) is 6.97.